The molecule has 3 rings (SSSR count). The summed E-state index contributed by atoms with van der Waals surface area (Å²) in [5, 5.41) is 0. The van der Waals surface area contributed by atoms with E-state index in [9.17, 15) is 4.39 Å². The molecule has 1 aliphatic rings. The van der Waals surface area contributed by atoms with Gasteiger partial charge < -0.3 is 0 Å². The molecule has 2 nitrogen and oxygen atoms in total. The summed E-state index contributed by atoms with van der Waals surface area (Å²) >= 11 is 0. The maximum Gasteiger partial charge on any atom is 0.115 e. The highest BCUT2D eigenvalue weighted by molar-refractivity contribution is 5.63. The molecule has 0 amide bonds. The first-order valence-electron chi connectivity index (χ1n) is 7.50. The molecule has 0 fully saturated rings. The standard InChI is InChI=1S/C20H17FN2/c1-20(14-21)9-3-5-17(11-20)8-7-16-4-2-6-18(10-16)19-12-22-15-23-13-19/h2-6,9-10,12-13,15H,11,14H2,1H3. The van der Waals surface area contributed by atoms with Gasteiger partial charge >= 0.3 is 0 Å². The average Bonchev–Trinajstić information content (AvgIpc) is 2.61. The van der Waals surface area contributed by atoms with Crippen LogP contribution in [0.3, 0.4) is 0 Å². The van der Waals surface area contributed by atoms with Crippen molar-refractivity contribution in [3.8, 4) is 23.0 Å². The Morgan fingerprint density at radius 1 is 1.17 bits per heavy atom. The first kappa shape index (κ1) is 15.2. The second-order valence-electron chi connectivity index (χ2n) is 5.97. The van der Waals surface area contributed by atoms with E-state index < -0.39 is 5.41 Å². The van der Waals surface area contributed by atoms with Gasteiger partial charge in [-0.15, -0.1) is 0 Å². The molecular weight excluding hydrogens is 287 g/mol. The Morgan fingerprint density at radius 2 is 2.00 bits per heavy atom. The van der Waals surface area contributed by atoms with Crippen LogP contribution in [-0.2, 0) is 0 Å². The summed E-state index contributed by atoms with van der Waals surface area (Å²) in [5.74, 6) is 6.34. The maximum atomic E-state index is 13.1. The third-order valence-corrected chi connectivity index (χ3v) is 3.82. The molecule has 0 aliphatic heterocycles. The van der Waals surface area contributed by atoms with Crippen LogP contribution in [0.1, 0.15) is 18.9 Å². The molecular formula is C20H17FN2. The lowest BCUT2D eigenvalue weighted by molar-refractivity contribution is 0.294. The number of nitrogens with zero attached hydrogens (tertiary/aromatic N) is 2. The van der Waals surface area contributed by atoms with Crippen LogP contribution in [0, 0.1) is 17.3 Å². The van der Waals surface area contributed by atoms with E-state index in [1.165, 1.54) is 6.33 Å². The van der Waals surface area contributed by atoms with E-state index in [1.54, 1.807) is 12.4 Å². The van der Waals surface area contributed by atoms with Crippen molar-refractivity contribution in [2.75, 3.05) is 6.67 Å². The van der Waals surface area contributed by atoms with Crippen molar-refractivity contribution in [3.05, 3.63) is 72.4 Å². The molecule has 2 aromatic rings. The fourth-order valence-corrected chi connectivity index (χ4v) is 2.50. The van der Waals surface area contributed by atoms with Crippen molar-refractivity contribution in [2.24, 2.45) is 5.41 Å². The van der Waals surface area contributed by atoms with E-state index in [0.717, 1.165) is 22.3 Å². The molecule has 1 heterocycles. The van der Waals surface area contributed by atoms with Gasteiger partial charge in [0.15, 0.2) is 0 Å². The van der Waals surface area contributed by atoms with E-state index in [0.29, 0.717) is 6.42 Å². The summed E-state index contributed by atoms with van der Waals surface area (Å²) in [5.41, 5.74) is 3.44. The van der Waals surface area contributed by atoms with Gasteiger partial charge in [0.25, 0.3) is 0 Å². The molecule has 1 atom stereocenters. The predicted octanol–water partition coefficient (Wildman–Crippen LogP) is 4.36. The number of allylic oxidation sites excluding steroid dienone is 4. The summed E-state index contributed by atoms with van der Waals surface area (Å²) in [4.78, 5) is 8.07. The number of halogens is 1. The van der Waals surface area contributed by atoms with Gasteiger partial charge in [0.1, 0.15) is 6.33 Å². The molecule has 114 valence electrons. The molecule has 0 saturated heterocycles. The Hall–Kier alpha value is -2.73. The van der Waals surface area contributed by atoms with Crippen molar-refractivity contribution in [3.63, 3.8) is 0 Å². The number of aromatic nitrogens is 2. The third kappa shape index (κ3) is 3.73. The Labute approximate surface area is 135 Å². The van der Waals surface area contributed by atoms with Crippen molar-refractivity contribution >= 4 is 0 Å². The molecule has 1 aromatic heterocycles. The number of benzene rings is 1. The molecule has 1 unspecified atom stereocenters. The molecule has 1 aliphatic carbocycles. The second-order valence-corrected chi connectivity index (χ2v) is 5.97. The summed E-state index contributed by atoms with van der Waals surface area (Å²) < 4.78 is 13.1. The maximum absolute atomic E-state index is 13.1. The normalized spacial score (nSPS) is 19.7. The van der Waals surface area contributed by atoms with Gasteiger partial charge in [-0.05, 0) is 24.1 Å². The first-order valence-corrected chi connectivity index (χ1v) is 7.50. The number of hydrogen-bond donors (Lipinski definition) is 0. The van der Waals surface area contributed by atoms with E-state index >= 15 is 0 Å². The minimum Gasteiger partial charge on any atom is -0.250 e. The molecule has 1 aromatic carbocycles. The lowest BCUT2D eigenvalue weighted by Crippen LogP contribution is -2.18. The van der Waals surface area contributed by atoms with E-state index in [4.69, 9.17) is 0 Å². The second kappa shape index (κ2) is 6.58. The Morgan fingerprint density at radius 3 is 2.78 bits per heavy atom. The highest BCUT2D eigenvalue weighted by Gasteiger charge is 2.23. The summed E-state index contributed by atoms with van der Waals surface area (Å²) in [6.45, 7) is 1.54. The molecule has 0 spiro atoms. The summed E-state index contributed by atoms with van der Waals surface area (Å²) in [7, 11) is 0. The SMILES string of the molecule is CC1(CF)C=CC=C(C#Cc2cccc(-c3cncnc3)c2)C1. The molecule has 0 N–H and O–H groups in total. The number of alkyl halides is 1. The number of rotatable bonds is 2. The summed E-state index contributed by atoms with van der Waals surface area (Å²) in [6.07, 6.45) is 11.5. The van der Waals surface area contributed by atoms with Gasteiger partial charge in [-0.25, -0.2) is 9.97 Å². The lowest BCUT2D eigenvalue weighted by atomic mass is 9.81. The van der Waals surface area contributed by atoms with Crippen LogP contribution < -0.4 is 0 Å². The monoisotopic (exact) mass is 304 g/mol. The van der Waals surface area contributed by atoms with Crippen LogP contribution in [0.2, 0.25) is 0 Å². The van der Waals surface area contributed by atoms with Crippen LogP contribution in [0.15, 0.2) is 66.8 Å². The topological polar surface area (TPSA) is 25.8 Å². The molecule has 0 bridgehead atoms. The van der Waals surface area contributed by atoms with Crippen LogP contribution in [-0.4, -0.2) is 16.6 Å². The lowest BCUT2D eigenvalue weighted by Gasteiger charge is -2.24. The minimum absolute atomic E-state index is 0.369. The Balaban J connectivity index is 1.83. The zero-order chi connectivity index (χ0) is 16.1. The van der Waals surface area contributed by atoms with Crippen LogP contribution in [0.4, 0.5) is 4.39 Å². The van der Waals surface area contributed by atoms with Gasteiger partial charge in [0.05, 0.1) is 6.67 Å². The highest BCUT2D eigenvalue weighted by atomic mass is 19.1. The molecule has 3 heteroatoms. The largest absolute Gasteiger partial charge is 0.250 e. The van der Waals surface area contributed by atoms with Gasteiger partial charge in [0, 0.05) is 34.5 Å². The first-order chi connectivity index (χ1) is 11.2. The third-order valence-electron chi connectivity index (χ3n) is 3.82. The molecule has 0 saturated carbocycles. The minimum atomic E-state index is -0.429. The Bertz CT molecular complexity index is 812. The van der Waals surface area contributed by atoms with Crippen molar-refractivity contribution in [1.29, 1.82) is 0 Å². The molecule has 23 heavy (non-hydrogen) atoms. The summed E-state index contributed by atoms with van der Waals surface area (Å²) in [6, 6.07) is 7.95. The van der Waals surface area contributed by atoms with Gasteiger partial charge in [-0.3, -0.25) is 4.39 Å². The quantitative estimate of drug-likeness (QED) is 0.771. The van der Waals surface area contributed by atoms with Crippen LogP contribution in [0.25, 0.3) is 11.1 Å². The van der Waals surface area contributed by atoms with Crippen molar-refractivity contribution in [1.82, 2.24) is 9.97 Å². The van der Waals surface area contributed by atoms with Gasteiger partial charge in [-0.2, -0.15) is 0 Å². The number of hydrogen-bond acceptors (Lipinski definition) is 2. The van der Waals surface area contributed by atoms with Crippen LogP contribution >= 0.6 is 0 Å². The fraction of sp³-hybridized carbons (Fsp3) is 0.200. The van der Waals surface area contributed by atoms with Gasteiger partial charge in [-0.1, -0.05) is 49.1 Å². The van der Waals surface area contributed by atoms with E-state index in [2.05, 4.69) is 21.8 Å². The predicted molar refractivity (Wildman–Crippen MR) is 90.3 cm³/mol. The molecule has 0 radical (unpaired) electrons. The average molecular weight is 304 g/mol. The van der Waals surface area contributed by atoms with Gasteiger partial charge in [0.2, 0.25) is 0 Å². The van der Waals surface area contributed by atoms with Crippen molar-refractivity contribution in [2.45, 2.75) is 13.3 Å². The zero-order valence-corrected chi connectivity index (χ0v) is 13.0. The highest BCUT2D eigenvalue weighted by Crippen LogP contribution is 2.31. The Kier molecular flexibility index (Phi) is 4.34. The van der Waals surface area contributed by atoms with Crippen LogP contribution in [0.5, 0.6) is 0 Å². The van der Waals surface area contributed by atoms with E-state index in [1.807, 2.05) is 49.4 Å². The zero-order valence-electron chi connectivity index (χ0n) is 13.0. The fourth-order valence-electron chi connectivity index (χ4n) is 2.50. The smallest absolute Gasteiger partial charge is 0.115 e. The van der Waals surface area contributed by atoms with E-state index in [-0.39, 0.29) is 6.67 Å². The van der Waals surface area contributed by atoms with Crippen molar-refractivity contribution < 1.29 is 4.39 Å².